The second-order valence-corrected chi connectivity index (χ2v) is 7.25. The third kappa shape index (κ3) is 7.31. The van der Waals surface area contributed by atoms with E-state index in [1.165, 1.54) is 0 Å². The maximum atomic E-state index is 11.8. The Morgan fingerprint density at radius 3 is 2.71 bits per heavy atom. The van der Waals surface area contributed by atoms with E-state index in [4.69, 9.17) is 9.47 Å². The zero-order chi connectivity index (χ0) is 17.4. The number of nitrogens with zero attached hydrogens (tertiary/aromatic N) is 1. The normalized spacial score (nSPS) is 21.5. The van der Waals surface area contributed by atoms with Gasteiger partial charge < -0.3 is 20.1 Å². The van der Waals surface area contributed by atoms with Crippen LogP contribution in [0, 0.1) is 0 Å². The third-order valence-corrected chi connectivity index (χ3v) is 3.90. The molecule has 0 aliphatic heterocycles. The number of hydrogen-bond donors (Lipinski definition) is 3. The van der Waals surface area contributed by atoms with Gasteiger partial charge in [-0.1, -0.05) is 0 Å². The summed E-state index contributed by atoms with van der Waals surface area (Å²) in [4.78, 5) is 11.8. The average molecular weight is 338 g/mol. The van der Waals surface area contributed by atoms with Gasteiger partial charge in [0.15, 0.2) is 0 Å². The van der Waals surface area contributed by atoms with E-state index in [1.807, 2.05) is 26.8 Å². The van der Waals surface area contributed by atoms with Gasteiger partial charge in [0.1, 0.15) is 5.60 Å². The van der Waals surface area contributed by atoms with Gasteiger partial charge in [-0.05, 0) is 52.5 Å². The Labute approximate surface area is 143 Å². The number of H-pyrrole nitrogens is 1. The molecule has 0 aromatic carbocycles. The Morgan fingerprint density at radius 1 is 1.33 bits per heavy atom. The molecule has 0 bridgehead atoms. The van der Waals surface area contributed by atoms with Crippen molar-refractivity contribution < 1.29 is 14.3 Å². The molecule has 1 aliphatic rings. The highest BCUT2D eigenvalue weighted by Crippen LogP contribution is 2.21. The molecule has 1 saturated carbocycles. The molecule has 0 spiro atoms. The summed E-state index contributed by atoms with van der Waals surface area (Å²) in [7, 11) is 0. The van der Waals surface area contributed by atoms with Crippen LogP contribution in [0.15, 0.2) is 12.3 Å². The number of aromatic amines is 1. The molecular weight excluding hydrogens is 308 g/mol. The molecule has 7 heteroatoms. The summed E-state index contributed by atoms with van der Waals surface area (Å²) in [6, 6.07) is 2.14. The summed E-state index contributed by atoms with van der Waals surface area (Å²) >= 11 is 0. The Kier molecular flexibility index (Phi) is 7.05. The molecule has 1 fully saturated rings. The number of amides is 1. The van der Waals surface area contributed by atoms with Gasteiger partial charge in [-0.25, -0.2) is 4.79 Å². The Bertz CT molecular complexity index is 477. The van der Waals surface area contributed by atoms with Crippen LogP contribution >= 0.6 is 0 Å². The molecule has 136 valence electrons. The van der Waals surface area contributed by atoms with E-state index in [2.05, 4.69) is 20.8 Å². The first-order valence-electron chi connectivity index (χ1n) is 8.72. The Morgan fingerprint density at radius 2 is 2.08 bits per heavy atom. The van der Waals surface area contributed by atoms with Crippen LogP contribution in [0.25, 0.3) is 0 Å². The average Bonchev–Trinajstić information content (AvgIpc) is 3.00. The number of alkyl carbamates (subject to hydrolysis) is 1. The fourth-order valence-corrected chi connectivity index (χ4v) is 2.75. The molecule has 0 saturated heterocycles. The lowest BCUT2D eigenvalue weighted by molar-refractivity contribution is 0.0193. The van der Waals surface area contributed by atoms with Gasteiger partial charge in [0.05, 0.1) is 12.7 Å². The lowest BCUT2D eigenvalue weighted by Crippen LogP contribution is -2.42. The van der Waals surface area contributed by atoms with E-state index < -0.39 is 5.60 Å². The van der Waals surface area contributed by atoms with E-state index in [-0.39, 0.29) is 18.2 Å². The summed E-state index contributed by atoms with van der Waals surface area (Å²) in [6.07, 6.45) is 5.53. The lowest BCUT2D eigenvalue weighted by atomic mass is 9.93. The van der Waals surface area contributed by atoms with Gasteiger partial charge in [-0.3, -0.25) is 5.10 Å². The Hall–Kier alpha value is -1.60. The summed E-state index contributed by atoms with van der Waals surface area (Å²) in [5, 5.41) is 13.1. The highest BCUT2D eigenvalue weighted by molar-refractivity contribution is 5.68. The highest BCUT2D eigenvalue weighted by Gasteiger charge is 2.24. The molecule has 3 N–H and O–H groups in total. The van der Waals surface area contributed by atoms with Crippen molar-refractivity contribution in [2.24, 2.45) is 0 Å². The van der Waals surface area contributed by atoms with Crippen LogP contribution in [0.1, 0.15) is 52.1 Å². The van der Waals surface area contributed by atoms with Gasteiger partial charge >= 0.3 is 6.09 Å². The van der Waals surface area contributed by atoms with Crippen LogP contribution in [0.4, 0.5) is 4.79 Å². The van der Waals surface area contributed by atoms with Gasteiger partial charge in [0, 0.05) is 31.0 Å². The van der Waals surface area contributed by atoms with Crippen molar-refractivity contribution >= 4 is 6.09 Å². The topological polar surface area (TPSA) is 88.3 Å². The zero-order valence-corrected chi connectivity index (χ0v) is 14.9. The van der Waals surface area contributed by atoms with E-state index in [9.17, 15) is 4.79 Å². The smallest absolute Gasteiger partial charge is 0.407 e. The predicted molar refractivity (Wildman–Crippen MR) is 91.7 cm³/mol. The second-order valence-electron chi connectivity index (χ2n) is 7.25. The minimum Gasteiger partial charge on any atom is -0.444 e. The van der Waals surface area contributed by atoms with Crippen molar-refractivity contribution in [3.63, 3.8) is 0 Å². The number of carbonyl (C=O) groups is 1. The minimum atomic E-state index is -0.451. The van der Waals surface area contributed by atoms with E-state index in [0.29, 0.717) is 6.61 Å². The first-order chi connectivity index (χ1) is 11.4. The summed E-state index contributed by atoms with van der Waals surface area (Å²) < 4.78 is 11.2. The number of nitrogens with one attached hydrogen (secondary N) is 3. The van der Waals surface area contributed by atoms with Crippen molar-refractivity contribution in [1.82, 2.24) is 20.8 Å². The molecule has 1 aliphatic carbocycles. The molecule has 0 radical (unpaired) electrons. The number of aromatic nitrogens is 2. The quantitative estimate of drug-likeness (QED) is 0.664. The van der Waals surface area contributed by atoms with Gasteiger partial charge in [-0.2, -0.15) is 5.10 Å². The molecule has 7 nitrogen and oxygen atoms in total. The van der Waals surface area contributed by atoms with Gasteiger partial charge in [0.2, 0.25) is 0 Å². The van der Waals surface area contributed by atoms with Crippen molar-refractivity contribution in [3.8, 4) is 0 Å². The summed E-state index contributed by atoms with van der Waals surface area (Å²) in [5.41, 5.74) is 0.622. The van der Waals surface area contributed by atoms with Crippen molar-refractivity contribution in [2.75, 3.05) is 13.2 Å². The van der Waals surface area contributed by atoms with Gasteiger partial charge in [0.25, 0.3) is 0 Å². The van der Waals surface area contributed by atoms with Crippen molar-refractivity contribution in [3.05, 3.63) is 18.0 Å². The first-order valence-corrected chi connectivity index (χ1v) is 8.72. The highest BCUT2D eigenvalue weighted by atomic mass is 16.6. The molecule has 1 aromatic rings. The molecular formula is C17H30N4O3. The molecule has 1 aromatic heterocycles. The molecule has 2 rings (SSSR count). The number of carbonyl (C=O) groups excluding carboxylic acids is 1. The number of hydrogen-bond acceptors (Lipinski definition) is 5. The number of rotatable bonds is 7. The molecule has 1 heterocycles. The van der Waals surface area contributed by atoms with E-state index >= 15 is 0 Å². The second kappa shape index (κ2) is 9.03. The van der Waals surface area contributed by atoms with Crippen LogP contribution < -0.4 is 10.6 Å². The largest absolute Gasteiger partial charge is 0.444 e. The van der Waals surface area contributed by atoms with Crippen LogP contribution in [0.5, 0.6) is 0 Å². The maximum absolute atomic E-state index is 11.8. The molecule has 1 amide bonds. The minimum absolute atomic E-state index is 0.193. The third-order valence-electron chi connectivity index (χ3n) is 3.90. The SMILES string of the molecule is CC(C)(C)OC(=O)NC1CCC(OCCNCc2ccn[nH]2)CC1. The van der Waals surface area contributed by atoms with E-state index in [1.54, 1.807) is 6.20 Å². The predicted octanol–water partition coefficient (Wildman–Crippen LogP) is 2.35. The lowest BCUT2D eigenvalue weighted by Gasteiger charge is -2.30. The van der Waals surface area contributed by atoms with E-state index in [0.717, 1.165) is 44.5 Å². The number of ether oxygens (including phenoxy) is 2. The van der Waals surface area contributed by atoms with Crippen LogP contribution in [-0.4, -0.2) is 47.2 Å². The first kappa shape index (κ1) is 18.7. The molecule has 0 unspecified atom stereocenters. The summed E-state index contributed by atoms with van der Waals surface area (Å²) in [6.45, 7) is 7.90. The van der Waals surface area contributed by atoms with Crippen LogP contribution in [-0.2, 0) is 16.0 Å². The van der Waals surface area contributed by atoms with Crippen molar-refractivity contribution in [1.29, 1.82) is 0 Å². The van der Waals surface area contributed by atoms with Crippen molar-refractivity contribution in [2.45, 2.75) is 70.7 Å². The fraction of sp³-hybridized carbons (Fsp3) is 0.765. The summed E-state index contributed by atoms with van der Waals surface area (Å²) in [5.74, 6) is 0. The standard InChI is InChI=1S/C17H30N4O3/c1-17(2,3)24-16(22)20-13-4-6-15(7-5-13)23-11-10-18-12-14-8-9-19-21-14/h8-9,13,15,18H,4-7,10-12H2,1-3H3,(H,19,21)(H,20,22). The van der Waals surface area contributed by atoms with Crippen LogP contribution in [0.2, 0.25) is 0 Å². The van der Waals surface area contributed by atoms with Gasteiger partial charge in [-0.15, -0.1) is 0 Å². The van der Waals surface area contributed by atoms with Crippen LogP contribution in [0.3, 0.4) is 0 Å². The zero-order valence-electron chi connectivity index (χ0n) is 14.9. The molecule has 24 heavy (non-hydrogen) atoms. The Balaban J connectivity index is 1.52. The monoisotopic (exact) mass is 338 g/mol. The fourth-order valence-electron chi connectivity index (χ4n) is 2.75. The molecule has 0 atom stereocenters. The maximum Gasteiger partial charge on any atom is 0.407 e.